The van der Waals surface area contributed by atoms with E-state index in [9.17, 15) is 4.79 Å². The molecule has 29 heavy (non-hydrogen) atoms. The number of hydrogen-bond donors (Lipinski definition) is 2. The molecule has 0 bridgehead atoms. The molecule has 0 atom stereocenters. The summed E-state index contributed by atoms with van der Waals surface area (Å²) in [6, 6.07) is 10.4. The number of nitrogens with one attached hydrogen (secondary N) is 2. The van der Waals surface area contributed by atoms with Crippen LogP contribution in [0.2, 0.25) is 0 Å². The molecule has 1 aliphatic heterocycles. The first-order valence-electron chi connectivity index (χ1n) is 11.0. The van der Waals surface area contributed by atoms with E-state index in [4.69, 9.17) is 9.73 Å². The Hall–Kier alpha value is -2.28. The minimum Gasteiger partial charge on any atom is -0.492 e. The van der Waals surface area contributed by atoms with Gasteiger partial charge in [-0.3, -0.25) is 14.7 Å². The van der Waals surface area contributed by atoms with Crippen LogP contribution in [0.5, 0.6) is 5.75 Å². The number of nitrogens with zero attached hydrogens (tertiary/aromatic N) is 3. The molecule has 0 unspecified atom stereocenters. The van der Waals surface area contributed by atoms with Crippen LogP contribution < -0.4 is 15.4 Å². The lowest BCUT2D eigenvalue weighted by Crippen LogP contribution is -2.53. The second kappa shape index (κ2) is 11.7. The molecule has 0 aromatic heterocycles. The fourth-order valence-corrected chi connectivity index (χ4v) is 3.37. The van der Waals surface area contributed by atoms with Crippen LogP contribution in [0.1, 0.15) is 32.6 Å². The van der Waals surface area contributed by atoms with Gasteiger partial charge in [0.1, 0.15) is 12.4 Å². The van der Waals surface area contributed by atoms with E-state index in [1.165, 1.54) is 0 Å². The molecule has 1 aromatic carbocycles. The van der Waals surface area contributed by atoms with Gasteiger partial charge in [0.05, 0.1) is 0 Å². The Kier molecular flexibility index (Phi) is 8.61. The van der Waals surface area contributed by atoms with E-state index in [-0.39, 0.29) is 5.91 Å². The van der Waals surface area contributed by atoms with Crippen molar-refractivity contribution >= 4 is 11.9 Å². The van der Waals surface area contributed by atoms with Gasteiger partial charge in [-0.25, -0.2) is 0 Å². The first-order chi connectivity index (χ1) is 14.2. The van der Waals surface area contributed by atoms with Gasteiger partial charge in [0.25, 0.3) is 0 Å². The van der Waals surface area contributed by atoms with Gasteiger partial charge in [0.15, 0.2) is 5.96 Å². The lowest BCUT2D eigenvalue weighted by atomic mass is 10.3. The van der Waals surface area contributed by atoms with Crippen LogP contribution in [0, 0.1) is 0 Å². The van der Waals surface area contributed by atoms with E-state index < -0.39 is 0 Å². The molecule has 2 fully saturated rings. The molecule has 7 nitrogen and oxygen atoms in total. The van der Waals surface area contributed by atoms with Crippen LogP contribution in [0.25, 0.3) is 0 Å². The molecule has 1 saturated carbocycles. The van der Waals surface area contributed by atoms with Gasteiger partial charge in [-0.15, -0.1) is 0 Å². The number of guanidine groups is 1. The zero-order chi connectivity index (χ0) is 20.3. The predicted octanol–water partition coefficient (Wildman–Crippen LogP) is 1.71. The third-order valence-corrected chi connectivity index (χ3v) is 5.19. The fraction of sp³-hybridized carbons (Fsp3) is 0.636. The highest BCUT2D eigenvalue weighted by Crippen LogP contribution is 2.18. The molecule has 0 radical (unpaired) electrons. The molecule has 2 aliphatic rings. The maximum absolute atomic E-state index is 11.8. The number of carbonyl (C=O) groups excluding carboxylic acids is 1. The number of aliphatic imine (C=N–C) groups is 1. The Morgan fingerprint density at radius 1 is 1.17 bits per heavy atom. The van der Waals surface area contributed by atoms with Crippen LogP contribution in [-0.4, -0.2) is 80.1 Å². The van der Waals surface area contributed by atoms with Crippen molar-refractivity contribution in [1.29, 1.82) is 0 Å². The van der Waals surface area contributed by atoms with Crippen molar-refractivity contribution < 1.29 is 9.53 Å². The maximum atomic E-state index is 11.8. The normalized spacial score (nSPS) is 17.8. The van der Waals surface area contributed by atoms with Crippen LogP contribution in [0.4, 0.5) is 0 Å². The Morgan fingerprint density at radius 2 is 1.93 bits per heavy atom. The summed E-state index contributed by atoms with van der Waals surface area (Å²) in [5, 5.41) is 6.43. The van der Waals surface area contributed by atoms with Crippen molar-refractivity contribution in [2.75, 3.05) is 52.4 Å². The molecule has 1 aromatic rings. The van der Waals surface area contributed by atoms with Gasteiger partial charge in [0.2, 0.25) is 5.91 Å². The average Bonchev–Trinajstić information content (AvgIpc) is 3.56. The minimum absolute atomic E-state index is 0.166. The summed E-state index contributed by atoms with van der Waals surface area (Å²) in [5.74, 6) is 2.06. The fourth-order valence-electron chi connectivity index (χ4n) is 3.37. The predicted molar refractivity (Wildman–Crippen MR) is 116 cm³/mol. The van der Waals surface area contributed by atoms with Gasteiger partial charge in [-0.2, -0.15) is 0 Å². The standard InChI is InChI=1S/C22H35N5O2/c1-2-23-22(24-12-6-9-21(28)25-19-10-11-19)27-15-13-26(14-16-27)17-18-29-20-7-4-3-5-8-20/h3-5,7-8,19H,2,6,9-18H2,1H3,(H,23,24)(H,25,28). The SMILES string of the molecule is CCNC(=NCCCC(=O)NC1CC1)N1CCN(CCOc2ccccc2)CC1. The summed E-state index contributed by atoms with van der Waals surface area (Å²) in [7, 11) is 0. The van der Waals surface area contributed by atoms with Crippen LogP contribution in [-0.2, 0) is 4.79 Å². The summed E-state index contributed by atoms with van der Waals surface area (Å²) in [6.45, 7) is 9.21. The summed E-state index contributed by atoms with van der Waals surface area (Å²) >= 11 is 0. The monoisotopic (exact) mass is 401 g/mol. The topological polar surface area (TPSA) is 69.2 Å². The summed E-state index contributed by atoms with van der Waals surface area (Å²) < 4.78 is 5.81. The highest BCUT2D eigenvalue weighted by molar-refractivity contribution is 5.80. The minimum atomic E-state index is 0.166. The third kappa shape index (κ3) is 7.93. The molecule has 160 valence electrons. The van der Waals surface area contributed by atoms with E-state index in [1.807, 2.05) is 30.3 Å². The van der Waals surface area contributed by atoms with E-state index in [1.54, 1.807) is 0 Å². The molecule has 1 amide bonds. The van der Waals surface area contributed by atoms with Crippen LogP contribution >= 0.6 is 0 Å². The number of piperazine rings is 1. The number of ether oxygens (including phenoxy) is 1. The second-order valence-corrected chi connectivity index (χ2v) is 7.67. The van der Waals surface area contributed by atoms with Gasteiger partial charge in [-0.1, -0.05) is 18.2 Å². The van der Waals surface area contributed by atoms with E-state index in [2.05, 4.69) is 27.4 Å². The van der Waals surface area contributed by atoms with E-state index in [0.717, 1.165) is 70.2 Å². The second-order valence-electron chi connectivity index (χ2n) is 7.67. The average molecular weight is 402 g/mol. The third-order valence-electron chi connectivity index (χ3n) is 5.19. The van der Waals surface area contributed by atoms with Crippen molar-refractivity contribution in [1.82, 2.24) is 20.4 Å². The number of hydrogen-bond acceptors (Lipinski definition) is 4. The molecule has 1 heterocycles. The molecule has 3 rings (SSSR count). The largest absolute Gasteiger partial charge is 0.492 e. The lowest BCUT2D eigenvalue weighted by Gasteiger charge is -2.36. The molecule has 7 heteroatoms. The first-order valence-corrected chi connectivity index (χ1v) is 11.0. The molecular weight excluding hydrogens is 366 g/mol. The van der Waals surface area contributed by atoms with Crippen molar-refractivity contribution in [2.24, 2.45) is 4.99 Å². The quantitative estimate of drug-likeness (QED) is 0.355. The first kappa shape index (κ1) is 21.4. The van der Waals surface area contributed by atoms with E-state index >= 15 is 0 Å². The zero-order valence-electron chi connectivity index (χ0n) is 17.6. The van der Waals surface area contributed by atoms with Crippen molar-refractivity contribution in [3.8, 4) is 5.75 Å². The van der Waals surface area contributed by atoms with E-state index in [0.29, 0.717) is 25.6 Å². The summed E-state index contributed by atoms with van der Waals surface area (Å²) in [4.78, 5) is 21.3. The van der Waals surface area contributed by atoms with Crippen molar-refractivity contribution in [3.63, 3.8) is 0 Å². The Balaban J connectivity index is 1.34. The van der Waals surface area contributed by atoms with Gasteiger partial charge >= 0.3 is 0 Å². The molecular formula is C22H35N5O2. The van der Waals surface area contributed by atoms with Gasteiger partial charge in [-0.05, 0) is 38.3 Å². The molecule has 2 N–H and O–H groups in total. The van der Waals surface area contributed by atoms with Gasteiger partial charge in [0, 0.05) is 58.3 Å². The maximum Gasteiger partial charge on any atom is 0.220 e. The highest BCUT2D eigenvalue weighted by atomic mass is 16.5. The molecule has 0 spiro atoms. The smallest absolute Gasteiger partial charge is 0.220 e. The van der Waals surface area contributed by atoms with Crippen LogP contribution in [0.15, 0.2) is 35.3 Å². The number of carbonyl (C=O) groups is 1. The molecule has 1 aliphatic carbocycles. The van der Waals surface area contributed by atoms with Gasteiger partial charge < -0.3 is 20.3 Å². The summed E-state index contributed by atoms with van der Waals surface area (Å²) in [5.41, 5.74) is 0. The number of amides is 1. The highest BCUT2D eigenvalue weighted by Gasteiger charge is 2.23. The summed E-state index contributed by atoms with van der Waals surface area (Å²) in [6.07, 6.45) is 3.64. The zero-order valence-corrected chi connectivity index (χ0v) is 17.6. The number of para-hydroxylation sites is 1. The van der Waals surface area contributed by atoms with Crippen molar-refractivity contribution in [2.45, 2.75) is 38.6 Å². The Bertz CT molecular complexity index is 640. The lowest BCUT2D eigenvalue weighted by molar-refractivity contribution is -0.121. The molecule has 1 saturated heterocycles. The number of rotatable bonds is 10. The Labute approximate surface area is 174 Å². The number of benzene rings is 1. The van der Waals surface area contributed by atoms with Crippen molar-refractivity contribution in [3.05, 3.63) is 30.3 Å². The Morgan fingerprint density at radius 3 is 2.62 bits per heavy atom. The van der Waals surface area contributed by atoms with Crippen LogP contribution in [0.3, 0.4) is 0 Å².